The van der Waals surface area contributed by atoms with Gasteiger partial charge in [-0.05, 0) is 55.4 Å². The first-order valence-corrected chi connectivity index (χ1v) is 12.6. The van der Waals surface area contributed by atoms with Crippen molar-refractivity contribution >= 4 is 44.3 Å². The molecule has 5 nitrogen and oxygen atoms in total. The summed E-state index contributed by atoms with van der Waals surface area (Å²) in [5.41, 5.74) is 4.53. The van der Waals surface area contributed by atoms with E-state index in [1.807, 2.05) is 6.07 Å². The molecule has 4 heterocycles. The topological polar surface area (TPSA) is 46.8 Å². The summed E-state index contributed by atoms with van der Waals surface area (Å²) in [6.45, 7) is 3.08. The van der Waals surface area contributed by atoms with Crippen LogP contribution in [0.15, 0.2) is 70.2 Å². The number of likely N-dealkylation sites (tertiary alicyclic amines) is 1. The standard InChI is InChI=1S/C25H23N5S2/c1-29-20-12-6-5-11-19(20)26-25(29)32-24-22-18(17-9-3-2-4-10-17)16-31-23(22)27-21(28-24)15-30-13-7-8-14-30/h2-6,9-12,16H,7-8,13-15H2,1H3. The van der Waals surface area contributed by atoms with Crippen LogP contribution in [0.25, 0.3) is 32.4 Å². The molecule has 0 N–H and O–H groups in total. The van der Waals surface area contributed by atoms with Gasteiger partial charge in [0.15, 0.2) is 5.16 Å². The van der Waals surface area contributed by atoms with E-state index < -0.39 is 0 Å². The zero-order valence-corrected chi connectivity index (χ0v) is 19.5. The zero-order chi connectivity index (χ0) is 21.5. The molecule has 0 saturated carbocycles. The van der Waals surface area contributed by atoms with Crippen molar-refractivity contribution in [2.24, 2.45) is 7.05 Å². The molecule has 160 valence electrons. The van der Waals surface area contributed by atoms with E-state index in [1.54, 1.807) is 23.1 Å². The molecule has 0 bridgehead atoms. The average molecular weight is 458 g/mol. The quantitative estimate of drug-likeness (QED) is 0.303. The highest BCUT2D eigenvalue weighted by atomic mass is 32.2. The van der Waals surface area contributed by atoms with Gasteiger partial charge in [0, 0.05) is 18.0 Å². The van der Waals surface area contributed by atoms with Crippen LogP contribution in [0.1, 0.15) is 18.7 Å². The summed E-state index contributed by atoms with van der Waals surface area (Å²) in [6.07, 6.45) is 2.53. The third-order valence-corrected chi connectivity index (χ3v) is 7.94. The molecular weight excluding hydrogens is 434 g/mol. The molecule has 3 aromatic heterocycles. The van der Waals surface area contributed by atoms with E-state index in [9.17, 15) is 0 Å². The van der Waals surface area contributed by atoms with Crippen LogP contribution in [0.5, 0.6) is 0 Å². The second-order valence-corrected chi connectivity index (χ2v) is 9.98. The summed E-state index contributed by atoms with van der Waals surface area (Å²) in [7, 11) is 2.08. The minimum atomic E-state index is 0.810. The number of aromatic nitrogens is 4. The van der Waals surface area contributed by atoms with Gasteiger partial charge in [-0.15, -0.1) is 11.3 Å². The van der Waals surface area contributed by atoms with Crippen LogP contribution in [-0.4, -0.2) is 37.5 Å². The van der Waals surface area contributed by atoms with Crippen molar-refractivity contribution in [1.29, 1.82) is 0 Å². The molecule has 2 aromatic carbocycles. The van der Waals surface area contributed by atoms with Crippen molar-refractivity contribution in [2.45, 2.75) is 29.6 Å². The normalized spacial score (nSPS) is 14.7. The number of thiophene rings is 1. The maximum atomic E-state index is 5.09. The van der Waals surface area contributed by atoms with E-state index in [4.69, 9.17) is 15.0 Å². The van der Waals surface area contributed by atoms with E-state index in [0.717, 1.165) is 56.9 Å². The predicted molar refractivity (Wildman–Crippen MR) is 132 cm³/mol. The van der Waals surface area contributed by atoms with Crippen molar-refractivity contribution < 1.29 is 0 Å². The highest BCUT2D eigenvalue weighted by Crippen LogP contribution is 2.40. The molecule has 32 heavy (non-hydrogen) atoms. The molecule has 6 rings (SSSR count). The summed E-state index contributed by atoms with van der Waals surface area (Å²) in [5, 5.41) is 5.28. The summed E-state index contributed by atoms with van der Waals surface area (Å²) in [6, 6.07) is 18.8. The molecule has 1 aliphatic heterocycles. The first kappa shape index (κ1) is 19.9. The summed E-state index contributed by atoms with van der Waals surface area (Å²) in [5.74, 6) is 0.905. The summed E-state index contributed by atoms with van der Waals surface area (Å²) in [4.78, 5) is 18.5. The van der Waals surface area contributed by atoms with Gasteiger partial charge in [-0.3, -0.25) is 4.90 Å². The Morgan fingerprint density at radius 3 is 2.53 bits per heavy atom. The van der Waals surface area contributed by atoms with Crippen LogP contribution in [0.3, 0.4) is 0 Å². The number of benzene rings is 2. The molecule has 5 aromatic rings. The van der Waals surface area contributed by atoms with Crippen LogP contribution in [0.4, 0.5) is 0 Å². The third-order valence-electron chi connectivity index (χ3n) is 6.03. The smallest absolute Gasteiger partial charge is 0.175 e. The van der Waals surface area contributed by atoms with Gasteiger partial charge in [0.25, 0.3) is 0 Å². The van der Waals surface area contributed by atoms with Crippen molar-refractivity contribution in [1.82, 2.24) is 24.4 Å². The van der Waals surface area contributed by atoms with E-state index in [2.05, 4.69) is 70.4 Å². The zero-order valence-electron chi connectivity index (χ0n) is 17.9. The molecule has 0 radical (unpaired) electrons. The Hall–Kier alpha value is -2.74. The number of rotatable bonds is 5. The lowest BCUT2D eigenvalue weighted by atomic mass is 10.1. The Morgan fingerprint density at radius 1 is 0.938 bits per heavy atom. The fourth-order valence-corrected chi connectivity index (χ4v) is 6.41. The SMILES string of the molecule is Cn1c(Sc2nc(CN3CCCC3)nc3scc(-c4ccccc4)c23)nc2ccccc21. The molecule has 1 fully saturated rings. The number of hydrogen-bond donors (Lipinski definition) is 0. The van der Waals surface area contributed by atoms with Gasteiger partial charge in [0.2, 0.25) is 0 Å². The van der Waals surface area contributed by atoms with E-state index in [-0.39, 0.29) is 0 Å². The lowest BCUT2D eigenvalue weighted by molar-refractivity contribution is 0.322. The fourth-order valence-electron chi connectivity index (χ4n) is 4.37. The molecule has 0 atom stereocenters. The van der Waals surface area contributed by atoms with E-state index in [0.29, 0.717) is 0 Å². The Balaban J connectivity index is 1.49. The Morgan fingerprint density at radius 2 is 1.72 bits per heavy atom. The summed E-state index contributed by atoms with van der Waals surface area (Å²) < 4.78 is 2.16. The molecular formula is C25H23N5S2. The largest absolute Gasteiger partial charge is 0.322 e. The van der Waals surface area contributed by atoms with Gasteiger partial charge in [0.1, 0.15) is 15.7 Å². The number of aryl methyl sites for hydroxylation is 1. The Bertz CT molecular complexity index is 1400. The van der Waals surface area contributed by atoms with Gasteiger partial charge < -0.3 is 4.57 Å². The maximum absolute atomic E-state index is 5.09. The number of hydrogen-bond acceptors (Lipinski definition) is 6. The summed E-state index contributed by atoms with van der Waals surface area (Å²) >= 11 is 3.35. The first-order valence-electron chi connectivity index (χ1n) is 10.9. The fraction of sp³-hybridized carbons (Fsp3) is 0.240. The molecule has 0 aliphatic carbocycles. The third kappa shape index (κ3) is 3.60. The Labute approximate surface area is 195 Å². The minimum Gasteiger partial charge on any atom is -0.322 e. The maximum Gasteiger partial charge on any atom is 0.175 e. The van der Waals surface area contributed by atoms with Gasteiger partial charge >= 0.3 is 0 Å². The number of fused-ring (bicyclic) bond motifs is 2. The highest BCUT2D eigenvalue weighted by molar-refractivity contribution is 7.99. The lowest BCUT2D eigenvalue weighted by Crippen LogP contribution is -2.20. The number of para-hydroxylation sites is 2. The molecule has 7 heteroatoms. The lowest BCUT2D eigenvalue weighted by Gasteiger charge is -2.14. The van der Waals surface area contributed by atoms with E-state index >= 15 is 0 Å². The Kier molecular flexibility index (Phi) is 5.17. The second-order valence-electron chi connectivity index (χ2n) is 8.17. The van der Waals surface area contributed by atoms with Crippen molar-refractivity contribution in [3.63, 3.8) is 0 Å². The molecule has 1 saturated heterocycles. The van der Waals surface area contributed by atoms with Crippen molar-refractivity contribution in [3.05, 3.63) is 65.8 Å². The van der Waals surface area contributed by atoms with Gasteiger partial charge in [-0.1, -0.05) is 42.5 Å². The highest BCUT2D eigenvalue weighted by Gasteiger charge is 2.20. The van der Waals surface area contributed by atoms with Crippen LogP contribution in [0.2, 0.25) is 0 Å². The molecule has 0 amide bonds. The number of imidazole rings is 1. The predicted octanol–water partition coefficient (Wildman–Crippen LogP) is 5.99. The first-order chi connectivity index (χ1) is 15.8. The second kappa shape index (κ2) is 8.31. The number of nitrogens with zero attached hydrogens (tertiary/aromatic N) is 5. The van der Waals surface area contributed by atoms with Crippen molar-refractivity contribution in [3.8, 4) is 11.1 Å². The van der Waals surface area contributed by atoms with Gasteiger partial charge in [0.05, 0.1) is 23.0 Å². The van der Waals surface area contributed by atoms with Crippen LogP contribution in [-0.2, 0) is 13.6 Å². The van der Waals surface area contributed by atoms with Crippen molar-refractivity contribution in [2.75, 3.05) is 13.1 Å². The van der Waals surface area contributed by atoms with Crippen LogP contribution in [0, 0.1) is 0 Å². The molecule has 1 aliphatic rings. The van der Waals surface area contributed by atoms with E-state index in [1.165, 1.54) is 24.0 Å². The minimum absolute atomic E-state index is 0.810. The van der Waals surface area contributed by atoms with Gasteiger partial charge in [-0.2, -0.15) is 0 Å². The molecule has 0 unspecified atom stereocenters. The van der Waals surface area contributed by atoms with Crippen LogP contribution >= 0.6 is 23.1 Å². The molecule has 0 spiro atoms. The monoisotopic (exact) mass is 457 g/mol. The average Bonchev–Trinajstić information content (AvgIpc) is 3.55. The van der Waals surface area contributed by atoms with Gasteiger partial charge in [-0.25, -0.2) is 15.0 Å². The van der Waals surface area contributed by atoms with Crippen LogP contribution < -0.4 is 0 Å².